The monoisotopic (exact) mass is 469 g/mol. The van der Waals surface area contributed by atoms with Gasteiger partial charge in [0.25, 0.3) is 0 Å². The maximum atomic E-state index is 12.9. The molecule has 1 N–H and O–H groups in total. The molecular weight excluding hydrogens is 438 g/mol. The van der Waals surface area contributed by atoms with Crippen molar-refractivity contribution in [3.05, 3.63) is 83.1 Å². The smallest absolute Gasteiger partial charge is 0.248 e. The van der Waals surface area contributed by atoms with Crippen LogP contribution in [-0.4, -0.2) is 19.6 Å². The Kier molecular flexibility index (Phi) is 6.97. The number of benzene rings is 3. The van der Waals surface area contributed by atoms with Crippen LogP contribution in [0.1, 0.15) is 36.1 Å². The summed E-state index contributed by atoms with van der Waals surface area (Å²) in [6, 6.07) is 15.8. The largest absolute Gasteiger partial charge is 0.496 e. The lowest BCUT2D eigenvalue weighted by Gasteiger charge is -2.14. The number of ether oxygens (including phenoxy) is 2. The Hall–Kier alpha value is -3.99. The molecule has 0 aliphatic rings. The molecule has 0 unspecified atom stereocenters. The number of methoxy groups -OCH3 is 1. The highest BCUT2D eigenvalue weighted by atomic mass is 16.5. The molecule has 4 aromatic rings. The third-order valence-corrected chi connectivity index (χ3v) is 6.14. The maximum absolute atomic E-state index is 12.9. The number of hydrogen-bond acceptors (Lipinski definition) is 4. The highest BCUT2D eigenvalue weighted by Gasteiger charge is 2.19. The van der Waals surface area contributed by atoms with Gasteiger partial charge in [-0.25, -0.2) is 0 Å². The zero-order valence-corrected chi connectivity index (χ0v) is 21.1. The molecule has 4 rings (SSSR count). The number of aryl methyl sites for hydroxylation is 3. The van der Waals surface area contributed by atoms with Crippen LogP contribution in [0, 0.1) is 20.8 Å². The molecule has 0 spiro atoms. The van der Waals surface area contributed by atoms with Crippen molar-refractivity contribution in [3.8, 4) is 22.6 Å². The number of fused-ring (bicyclic) bond motifs is 1. The van der Waals surface area contributed by atoms with E-state index in [0.29, 0.717) is 23.8 Å². The second kappa shape index (κ2) is 10.1. The van der Waals surface area contributed by atoms with Gasteiger partial charge in [-0.15, -0.1) is 0 Å². The normalized spacial score (nSPS) is 11.5. The van der Waals surface area contributed by atoms with Gasteiger partial charge in [-0.2, -0.15) is 0 Å². The number of nitrogens with one attached hydrogen (secondary N) is 1. The fraction of sp³-hybridized carbons (Fsp3) is 0.233. The molecule has 35 heavy (non-hydrogen) atoms. The summed E-state index contributed by atoms with van der Waals surface area (Å²) < 4.78 is 17.4. The molecule has 3 aromatic carbocycles. The van der Waals surface area contributed by atoms with Gasteiger partial charge in [0.1, 0.15) is 17.1 Å². The van der Waals surface area contributed by atoms with Crippen molar-refractivity contribution in [2.45, 2.75) is 34.6 Å². The van der Waals surface area contributed by atoms with Crippen LogP contribution in [0.25, 0.3) is 27.7 Å². The molecule has 1 amide bonds. The highest BCUT2D eigenvalue weighted by molar-refractivity contribution is 6.06. The Morgan fingerprint density at radius 1 is 1.06 bits per heavy atom. The minimum Gasteiger partial charge on any atom is -0.496 e. The minimum atomic E-state index is -0.240. The fourth-order valence-electron chi connectivity index (χ4n) is 4.49. The van der Waals surface area contributed by atoms with E-state index in [0.717, 1.165) is 38.8 Å². The number of rotatable bonds is 7. The minimum absolute atomic E-state index is 0.240. The van der Waals surface area contributed by atoms with Crippen LogP contribution in [0.2, 0.25) is 0 Å². The van der Waals surface area contributed by atoms with Gasteiger partial charge < -0.3 is 19.2 Å². The molecule has 0 saturated heterocycles. The van der Waals surface area contributed by atoms with Crippen molar-refractivity contribution in [2.75, 3.05) is 19.0 Å². The number of allylic oxidation sites excluding steroid dienone is 1. The van der Waals surface area contributed by atoms with E-state index in [9.17, 15) is 4.79 Å². The molecule has 5 nitrogen and oxygen atoms in total. The molecule has 0 radical (unpaired) electrons. The maximum Gasteiger partial charge on any atom is 0.248 e. The Morgan fingerprint density at radius 3 is 2.54 bits per heavy atom. The van der Waals surface area contributed by atoms with E-state index in [1.807, 2.05) is 51.1 Å². The number of furan rings is 1. The summed E-state index contributed by atoms with van der Waals surface area (Å²) in [4.78, 5) is 12.9. The molecule has 0 fully saturated rings. The number of carbonyl (C=O) groups excluding carboxylic acids is 1. The summed E-state index contributed by atoms with van der Waals surface area (Å²) >= 11 is 0. The molecular formula is C30H31NO4. The topological polar surface area (TPSA) is 60.7 Å². The van der Waals surface area contributed by atoms with E-state index in [1.165, 1.54) is 11.1 Å². The number of carbonyl (C=O) groups is 1. The van der Waals surface area contributed by atoms with Crippen molar-refractivity contribution in [1.29, 1.82) is 0 Å². The van der Waals surface area contributed by atoms with Crippen molar-refractivity contribution < 1.29 is 18.7 Å². The van der Waals surface area contributed by atoms with Crippen molar-refractivity contribution in [2.24, 2.45) is 0 Å². The Morgan fingerprint density at radius 2 is 1.83 bits per heavy atom. The molecule has 180 valence electrons. The van der Waals surface area contributed by atoms with Crippen LogP contribution in [-0.2, 0) is 4.79 Å². The van der Waals surface area contributed by atoms with E-state index in [1.54, 1.807) is 19.4 Å². The van der Waals surface area contributed by atoms with Crippen molar-refractivity contribution >= 4 is 28.1 Å². The first-order valence-corrected chi connectivity index (χ1v) is 11.7. The quantitative estimate of drug-likeness (QED) is 0.285. The average molecular weight is 470 g/mol. The molecule has 5 heteroatoms. The Bertz CT molecular complexity index is 1430. The lowest BCUT2D eigenvalue weighted by Crippen LogP contribution is -2.10. The van der Waals surface area contributed by atoms with Crippen LogP contribution in [0.3, 0.4) is 0 Å². The number of para-hydroxylation sites is 2. The van der Waals surface area contributed by atoms with E-state index in [2.05, 4.69) is 37.4 Å². The van der Waals surface area contributed by atoms with Crippen molar-refractivity contribution in [3.63, 3.8) is 0 Å². The molecule has 0 bridgehead atoms. The fourth-order valence-corrected chi connectivity index (χ4v) is 4.49. The Labute approximate surface area is 206 Å². The van der Waals surface area contributed by atoms with Gasteiger partial charge in [0, 0.05) is 28.2 Å². The van der Waals surface area contributed by atoms with Gasteiger partial charge >= 0.3 is 0 Å². The number of hydrogen-bond donors (Lipinski definition) is 1. The van der Waals surface area contributed by atoms with E-state index in [4.69, 9.17) is 13.9 Å². The molecule has 0 aliphatic heterocycles. The van der Waals surface area contributed by atoms with Gasteiger partial charge in [0.05, 0.1) is 25.7 Å². The number of amides is 1. The van der Waals surface area contributed by atoms with Gasteiger partial charge in [-0.1, -0.05) is 35.9 Å². The van der Waals surface area contributed by atoms with Gasteiger partial charge in [-0.3, -0.25) is 4.79 Å². The van der Waals surface area contributed by atoms with Crippen LogP contribution in [0.4, 0.5) is 5.69 Å². The van der Waals surface area contributed by atoms with Crippen LogP contribution in [0.5, 0.6) is 11.5 Å². The zero-order chi connectivity index (χ0) is 25.1. The van der Waals surface area contributed by atoms with Gasteiger partial charge in [0.2, 0.25) is 5.91 Å². The van der Waals surface area contributed by atoms with E-state index < -0.39 is 0 Å². The third-order valence-electron chi connectivity index (χ3n) is 6.14. The third kappa shape index (κ3) is 4.80. The van der Waals surface area contributed by atoms with Crippen molar-refractivity contribution in [1.82, 2.24) is 0 Å². The van der Waals surface area contributed by atoms with Gasteiger partial charge in [0.15, 0.2) is 0 Å². The predicted octanol–water partition coefficient (Wildman–Crippen LogP) is 7.47. The first-order valence-electron chi connectivity index (χ1n) is 11.7. The van der Waals surface area contributed by atoms with Crippen LogP contribution in [0.15, 0.2) is 65.3 Å². The second-order valence-corrected chi connectivity index (χ2v) is 8.67. The molecule has 1 heterocycles. The summed E-state index contributed by atoms with van der Waals surface area (Å²) in [7, 11) is 1.64. The lowest BCUT2D eigenvalue weighted by molar-refractivity contribution is -0.111. The summed E-state index contributed by atoms with van der Waals surface area (Å²) in [5, 5.41) is 3.92. The molecule has 0 saturated carbocycles. The summed E-state index contributed by atoms with van der Waals surface area (Å²) in [6.07, 6.45) is 3.39. The van der Waals surface area contributed by atoms with E-state index >= 15 is 0 Å². The summed E-state index contributed by atoms with van der Waals surface area (Å²) in [5.41, 5.74) is 8.48. The summed E-state index contributed by atoms with van der Waals surface area (Å²) in [6.45, 7) is 10.5. The first-order chi connectivity index (χ1) is 16.8. The Balaban J connectivity index is 1.76. The first kappa shape index (κ1) is 24.1. The molecule has 1 aromatic heterocycles. The van der Waals surface area contributed by atoms with Crippen LogP contribution >= 0.6 is 0 Å². The second-order valence-electron chi connectivity index (χ2n) is 8.67. The lowest BCUT2D eigenvalue weighted by atomic mass is 9.94. The van der Waals surface area contributed by atoms with Crippen LogP contribution < -0.4 is 14.8 Å². The number of anilines is 1. The van der Waals surface area contributed by atoms with Gasteiger partial charge in [-0.05, 0) is 69.5 Å². The zero-order valence-electron chi connectivity index (χ0n) is 21.1. The standard InChI is InChI=1S/C30H31NO4/c1-7-34-27-11-9-8-10-26(27)31-28(32)15-20(4)23-16-24-25(22-13-12-18(2)14-19(22)3)17-35-30(24)21(5)29(23)33-6/h8-17H,7H2,1-6H3,(H,31,32)/b20-15+. The average Bonchev–Trinajstić information content (AvgIpc) is 3.24. The summed E-state index contributed by atoms with van der Waals surface area (Å²) in [5.74, 6) is 1.09. The highest BCUT2D eigenvalue weighted by Crippen LogP contribution is 2.41. The molecule has 0 atom stereocenters. The SMILES string of the molecule is CCOc1ccccc1NC(=O)/C=C(\C)c1cc2c(-c3ccc(C)cc3C)coc2c(C)c1OC. The van der Waals surface area contributed by atoms with E-state index in [-0.39, 0.29) is 5.91 Å². The molecule has 0 aliphatic carbocycles. The predicted molar refractivity (Wildman–Crippen MR) is 142 cm³/mol.